The average Bonchev–Trinajstić information content (AvgIpc) is 3.28. The lowest BCUT2D eigenvalue weighted by Crippen LogP contribution is -2.27. The number of benzene rings is 1. The van der Waals surface area contributed by atoms with Crippen LogP contribution in [0.5, 0.6) is 0 Å². The highest BCUT2D eigenvalue weighted by atomic mass is 15.3. The van der Waals surface area contributed by atoms with Crippen LogP contribution in [0.15, 0.2) is 30.3 Å². The Morgan fingerprint density at radius 1 is 1.00 bits per heavy atom. The molecule has 6 heteroatoms. The van der Waals surface area contributed by atoms with Gasteiger partial charge in [0.15, 0.2) is 5.82 Å². The molecule has 1 aromatic carbocycles. The van der Waals surface area contributed by atoms with Gasteiger partial charge in [-0.1, -0.05) is 6.07 Å². The number of nitrogens with zero attached hydrogens (tertiary/aromatic N) is 5. The maximum absolute atomic E-state index is 4.51. The summed E-state index contributed by atoms with van der Waals surface area (Å²) in [6, 6.07) is 10.4. The van der Waals surface area contributed by atoms with Crippen molar-refractivity contribution in [2.24, 2.45) is 11.8 Å². The molecule has 128 valence electrons. The summed E-state index contributed by atoms with van der Waals surface area (Å²) >= 11 is 0. The zero-order valence-corrected chi connectivity index (χ0v) is 14.6. The SMILES string of the molecule is Cc1[nH]nc2ccc(-c3ccc(N4CC5CN(C)CC5C4)nn3)cc12. The van der Waals surface area contributed by atoms with Crippen LogP contribution < -0.4 is 4.90 Å². The van der Waals surface area contributed by atoms with Gasteiger partial charge in [0.2, 0.25) is 0 Å². The molecule has 0 aliphatic carbocycles. The molecule has 0 radical (unpaired) electrons. The minimum atomic E-state index is 0.776. The number of aromatic nitrogens is 4. The van der Waals surface area contributed by atoms with E-state index in [1.165, 1.54) is 13.1 Å². The fourth-order valence-corrected chi connectivity index (χ4v) is 4.36. The Balaban J connectivity index is 1.39. The van der Waals surface area contributed by atoms with E-state index in [1.807, 2.05) is 13.0 Å². The lowest BCUT2D eigenvalue weighted by Gasteiger charge is -2.19. The van der Waals surface area contributed by atoms with Gasteiger partial charge >= 0.3 is 0 Å². The van der Waals surface area contributed by atoms with Crippen LogP contribution in [0, 0.1) is 18.8 Å². The molecular formula is C19H22N6. The standard InChI is InChI=1S/C19H22N6/c1-12-16-7-13(3-4-18(16)22-20-12)17-5-6-19(23-21-17)25-10-14-8-24(2)9-15(14)11-25/h3-7,14-15H,8-11H2,1-2H3,(H,20,22). The number of fused-ring (bicyclic) bond motifs is 2. The van der Waals surface area contributed by atoms with Gasteiger partial charge in [-0.3, -0.25) is 5.10 Å². The molecule has 6 nitrogen and oxygen atoms in total. The molecule has 1 N–H and O–H groups in total. The zero-order valence-electron chi connectivity index (χ0n) is 14.6. The number of hydrogen-bond acceptors (Lipinski definition) is 5. The summed E-state index contributed by atoms with van der Waals surface area (Å²) in [6.45, 7) is 6.65. The lowest BCUT2D eigenvalue weighted by atomic mass is 10.0. The van der Waals surface area contributed by atoms with E-state index in [4.69, 9.17) is 0 Å². The molecule has 4 heterocycles. The van der Waals surface area contributed by atoms with Crippen molar-refractivity contribution in [2.75, 3.05) is 38.1 Å². The van der Waals surface area contributed by atoms with Crippen LogP contribution in [0.1, 0.15) is 5.69 Å². The molecule has 5 rings (SSSR count). The number of nitrogens with one attached hydrogen (secondary N) is 1. The molecule has 2 unspecified atom stereocenters. The van der Waals surface area contributed by atoms with Gasteiger partial charge in [0.25, 0.3) is 0 Å². The number of H-pyrrole nitrogens is 1. The van der Waals surface area contributed by atoms with Crippen LogP contribution in [-0.2, 0) is 0 Å². The van der Waals surface area contributed by atoms with Gasteiger partial charge in [0.05, 0.1) is 11.2 Å². The highest BCUT2D eigenvalue weighted by molar-refractivity contribution is 5.85. The van der Waals surface area contributed by atoms with E-state index in [-0.39, 0.29) is 0 Å². The summed E-state index contributed by atoms with van der Waals surface area (Å²) in [5.74, 6) is 2.55. The predicted octanol–water partition coefficient (Wildman–Crippen LogP) is 2.33. The number of aryl methyl sites for hydroxylation is 1. The Morgan fingerprint density at radius 2 is 1.80 bits per heavy atom. The van der Waals surface area contributed by atoms with E-state index in [1.54, 1.807) is 0 Å². The predicted molar refractivity (Wildman–Crippen MR) is 98.5 cm³/mol. The molecule has 2 aliphatic rings. The molecule has 2 aliphatic heterocycles. The van der Waals surface area contributed by atoms with Crippen LogP contribution in [-0.4, -0.2) is 58.5 Å². The van der Waals surface area contributed by atoms with Crippen molar-refractivity contribution in [3.63, 3.8) is 0 Å². The molecule has 0 spiro atoms. The van der Waals surface area contributed by atoms with Gasteiger partial charge in [-0.05, 0) is 50.1 Å². The molecule has 2 atom stereocenters. The molecule has 3 aromatic rings. The lowest BCUT2D eigenvalue weighted by molar-refractivity contribution is 0.387. The van der Waals surface area contributed by atoms with E-state index in [2.05, 4.69) is 61.5 Å². The molecule has 2 fully saturated rings. The van der Waals surface area contributed by atoms with Crippen LogP contribution >= 0.6 is 0 Å². The third-order valence-corrected chi connectivity index (χ3v) is 5.68. The first kappa shape index (κ1) is 14.8. The summed E-state index contributed by atoms with van der Waals surface area (Å²) in [6.07, 6.45) is 0. The molecule has 2 aromatic heterocycles. The fourth-order valence-electron chi connectivity index (χ4n) is 4.36. The normalized spacial score (nSPS) is 23.5. The minimum Gasteiger partial charge on any atom is -0.354 e. The van der Waals surface area contributed by atoms with Crippen LogP contribution in [0.2, 0.25) is 0 Å². The third kappa shape index (κ3) is 2.48. The largest absolute Gasteiger partial charge is 0.354 e. The van der Waals surface area contributed by atoms with Gasteiger partial charge < -0.3 is 9.80 Å². The first-order valence-electron chi connectivity index (χ1n) is 8.90. The number of hydrogen-bond donors (Lipinski definition) is 1. The third-order valence-electron chi connectivity index (χ3n) is 5.68. The van der Waals surface area contributed by atoms with Crippen molar-refractivity contribution in [3.05, 3.63) is 36.0 Å². The highest BCUT2D eigenvalue weighted by Crippen LogP contribution is 2.32. The fraction of sp³-hybridized carbons (Fsp3) is 0.421. The van der Waals surface area contributed by atoms with Crippen LogP contribution in [0.25, 0.3) is 22.2 Å². The number of anilines is 1. The van der Waals surface area contributed by atoms with E-state index in [9.17, 15) is 0 Å². The smallest absolute Gasteiger partial charge is 0.151 e. The Morgan fingerprint density at radius 3 is 2.52 bits per heavy atom. The summed E-state index contributed by atoms with van der Waals surface area (Å²) in [7, 11) is 2.22. The van der Waals surface area contributed by atoms with E-state index in [0.29, 0.717) is 0 Å². The molecule has 2 saturated heterocycles. The van der Waals surface area contributed by atoms with Crippen molar-refractivity contribution >= 4 is 16.7 Å². The summed E-state index contributed by atoms with van der Waals surface area (Å²) in [5, 5.41) is 17.5. The van der Waals surface area contributed by atoms with E-state index >= 15 is 0 Å². The Labute approximate surface area is 146 Å². The number of rotatable bonds is 2. The quantitative estimate of drug-likeness (QED) is 0.779. The molecular weight excluding hydrogens is 312 g/mol. The van der Waals surface area contributed by atoms with Crippen LogP contribution in [0.3, 0.4) is 0 Å². The maximum Gasteiger partial charge on any atom is 0.151 e. The summed E-state index contributed by atoms with van der Waals surface area (Å²) < 4.78 is 0. The Bertz CT molecular complexity index is 901. The van der Waals surface area contributed by atoms with Crippen molar-refractivity contribution in [1.29, 1.82) is 0 Å². The second-order valence-corrected chi connectivity index (χ2v) is 7.50. The second-order valence-electron chi connectivity index (χ2n) is 7.50. The van der Waals surface area contributed by atoms with E-state index in [0.717, 1.165) is 58.6 Å². The summed E-state index contributed by atoms with van der Waals surface area (Å²) in [5.41, 5.74) is 4.05. The van der Waals surface area contributed by atoms with E-state index < -0.39 is 0 Å². The monoisotopic (exact) mass is 334 g/mol. The maximum atomic E-state index is 4.51. The van der Waals surface area contributed by atoms with Crippen molar-refractivity contribution in [3.8, 4) is 11.3 Å². The van der Waals surface area contributed by atoms with Gasteiger partial charge in [-0.2, -0.15) is 5.10 Å². The van der Waals surface area contributed by atoms with Gasteiger partial charge in [0.1, 0.15) is 0 Å². The second kappa shape index (κ2) is 5.52. The first-order chi connectivity index (χ1) is 12.2. The van der Waals surface area contributed by atoms with Gasteiger partial charge in [-0.15, -0.1) is 10.2 Å². The Hall–Kier alpha value is -2.47. The van der Waals surface area contributed by atoms with Gasteiger partial charge in [0, 0.05) is 42.8 Å². The van der Waals surface area contributed by atoms with Gasteiger partial charge in [-0.25, -0.2) is 0 Å². The van der Waals surface area contributed by atoms with Crippen molar-refractivity contribution in [1.82, 2.24) is 25.3 Å². The minimum absolute atomic E-state index is 0.776. The molecule has 0 saturated carbocycles. The molecule has 0 amide bonds. The first-order valence-corrected chi connectivity index (χ1v) is 8.90. The van der Waals surface area contributed by atoms with Crippen molar-refractivity contribution in [2.45, 2.75) is 6.92 Å². The molecule has 0 bridgehead atoms. The zero-order chi connectivity index (χ0) is 17.0. The number of likely N-dealkylation sites (tertiary alicyclic amines) is 1. The molecule has 25 heavy (non-hydrogen) atoms. The highest BCUT2D eigenvalue weighted by Gasteiger charge is 2.39. The Kier molecular flexibility index (Phi) is 3.28. The summed E-state index contributed by atoms with van der Waals surface area (Å²) in [4.78, 5) is 4.83. The van der Waals surface area contributed by atoms with Crippen LogP contribution in [0.4, 0.5) is 5.82 Å². The average molecular weight is 334 g/mol. The topological polar surface area (TPSA) is 60.9 Å². The van der Waals surface area contributed by atoms with Crippen molar-refractivity contribution < 1.29 is 0 Å². The number of aromatic amines is 1.